The normalized spacial score (nSPS) is 22.5. The van der Waals surface area contributed by atoms with Gasteiger partial charge >= 0.3 is 0 Å². The molecule has 25 heavy (non-hydrogen) atoms. The van der Waals surface area contributed by atoms with Crippen LogP contribution in [0.5, 0.6) is 0 Å². The molecule has 136 valence electrons. The molecule has 2 fully saturated rings. The first-order chi connectivity index (χ1) is 11.8. The van der Waals surface area contributed by atoms with Crippen LogP contribution in [0.4, 0.5) is 5.82 Å². The number of piperidine rings is 1. The number of carbonyl (C=O) groups excluding carboxylic acids is 2. The van der Waals surface area contributed by atoms with Gasteiger partial charge in [0.05, 0.1) is 11.6 Å². The highest BCUT2D eigenvalue weighted by atomic mass is 16.2. The minimum Gasteiger partial charge on any atom is -0.369 e. The molecule has 2 aliphatic rings. The van der Waals surface area contributed by atoms with Gasteiger partial charge < -0.3 is 15.5 Å². The Labute approximate surface area is 148 Å². The Hall–Kier alpha value is -2.18. The highest BCUT2D eigenvalue weighted by molar-refractivity contribution is 5.88. The van der Waals surface area contributed by atoms with Crippen molar-refractivity contribution >= 4 is 17.6 Å². The zero-order valence-corrected chi connectivity index (χ0v) is 15.2. The number of amides is 2. The average molecular weight is 345 g/mol. The summed E-state index contributed by atoms with van der Waals surface area (Å²) >= 11 is 0. The van der Waals surface area contributed by atoms with Gasteiger partial charge in [-0.05, 0) is 25.0 Å². The van der Waals surface area contributed by atoms with E-state index in [0.717, 1.165) is 37.4 Å². The van der Waals surface area contributed by atoms with Crippen molar-refractivity contribution in [2.75, 3.05) is 24.5 Å². The third-order valence-electron chi connectivity index (χ3n) is 5.21. The number of nitrogens with two attached hydrogens (primary N) is 1. The van der Waals surface area contributed by atoms with E-state index in [-0.39, 0.29) is 35.6 Å². The van der Waals surface area contributed by atoms with E-state index in [1.54, 1.807) is 0 Å². The quantitative estimate of drug-likeness (QED) is 0.885. The third-order valence-corrected chi connectivity index (χ3v) is 5.21. The fourth-order valence-electron chi connectivity index (χ4n) is 3.58. The second kappa shape index (κ2) is 6.61. The van der Waals surface area contributed by atoms with E-state index < -0.39 is 0 Å². The molecule has 7 heteroatoms. The first kappa shape index (κ1) is 17.6. The number of primary amides is 1. The molecule has 1 atom stereocenters. The molecule has 0 saturated carbocycles. The molecule has 2 N–H and O–H groups in total. The second-order valence-electron chi connectivity index (χ2n) is 8.09. The molecule has 0 aliphatic carbocycles. The molecule has 7 nitrogen and oxygen atoms in total. The van der Waals surface area contributed by atoms with E-state index in [1.165, 1.54) is 0 Å². The molecule has 0 bridgehead atoms. The monoisotopic (exact) mass is 345 g/mol. The first-order valence-corrected chi connectivity index (χ1v) is 8.93. The second-order valence-corrected chi connectivity index (χ2v) is 8.09. The van der Waals surface area contributed by atoms with Crippen LogP contribution in [0.15, 0.2) is 12.1 Å². The van der Waals surface area contributed by atoms with Crippen LogP contribution in [-0.2, 0) is 15.0 Å². The van der Waals surface area contributed by atoms with Crippen molar-refractivity contribution in [3.63, 3.8) is 0 Å². The van der Waals surface area contributed by atoms with Crippen LogP contribution >= 0.6 is 0 Å². The van der Waals surface area contributed by atoms with Gasteiger partial charge in [0.25, 0.3) is 0 Å². The van der Waals surface area contributed by atoms with E-state index in [9.17, 15) is 9.59 Å². The summed E-state index contributed by atoms with van der Waals surface area (Å²) < 4.78 is 0. The summed E-state index contributed by atoms with van der Waals surface area (Å²) in [4.78, 5) is 27.5. The fraction of sp³-hybridized carbons (Fsp3) is 0.667. The van der Waals surface area contributed by atoms with Gasteiger partial charge in [0.2, 0.25) is 11.8 Å². The van der Waals surface area contributed by atoms with E-state index in [2.05, 4.69) is 35.9 Å². The number of rotatable bonds is 3. The average Bonchev–Trinajstić information content (AvgIpc) is 2.96. The van der Waals surface area contributed by atoms with Crippen LogP contribution in [0.3, 0.4) is 0 Å². The molecule has 1 aromatic rings. The molecule has 1 aromatic heterocycles. The topological polar surface area (TPSA) is 92.4 Å². The Morgan fingerprint density at radius 2 is 1.88 bits per heavy atom. The van der Waals surface area contributed by atoms with Gasteiger partial charge in [-0.2, -0.15) is 5.10 Å². The predicted octanol–water partition coefficient (Wildman–Crippen LogP) is 1.08. The lowest BCUT2D eigenvalue weighted by Crippen LogP contribution is -2.46. The Morgan fingerprint density at radius 3 is 2.36 bits per heavy atom. The summed E-state index contributed by atoms with van der Waals surface area (Å²) in [5.41, 5.74) is 6.32. The van der Waals surface area contributed by atoms with Crippen molar-refractivity contribution in [1.82, 2.24) is 15.1 Å². The standard InChI is InChI=1S/C18H27N5O2/c1-18(2,3)14-4-5-15(21-20-14)22-8-6-13(7-9-22)23-11-12(17(19)25)10-16(23)24/h4-5,12-13H,6-11H2,1-3H3,(H2,19,25). The number of likely N-dealkylation sites (tertiary alicyclic amines) is 1. The molecular formula is C18H27N5O2. The van der Waals surface area contributed by atoms with Crippen LogP contribution in [0, 0.1) is 5.92 Å². The highest BCUT2D eigenvalue weighted by Gasteiger charge is 2.38. The largest absolute Gasteiger partial charge is 0.369 e. The number of carbonyl (C=O) groups is 2. The number of anilines is 1. The maximum atomic E-state index is 12.2. The summed E-state index contributed by atoms with van der Waals surface area (Å²) in [7, 11) is 0. The molecule has 2 aliphatic heterocycles. The third kappa shape index (κ3) is 3.75. The van der Waals surface area contributed by atoms with E-state index in [1.807, 2.05) is 17.0 Å². The molecule has 1 unspecified atom stereocenters. The zero-order chi connectivity index (χ0) is 18.2. The molecule has 0 spiro atoms. The Kier molecular flexibility index (Phi) is 4.67. The molecule has 0 aromatic carbocycles. The lowest BCUT2D eigenvalue weighted by molar-refractivity contribution is -0.130. The molecular weight excluding hydrogens is 318 g/mol. The summed E-state index contributed by atoms with van der Waals surface area (Å²) in [5, 5.41) is 8.73. The van der Waals surface area contributed by atoms with Crippen LogP contribution in [-0.4, -0.2) is 52.6 Å². The molecule has 3 rings (SSSR count). The zero-order valence-electron chi connectivity index (χ0n) is 15.2. The lowest BCUT2D eigenvalue weighted by Gasteiger charge is -2.37. The van der Waals surface area contributed by atoms with Crippen LogP contribution in [0.25, 0.3) is 0 Å². The van der Waals surface area contributed by atoms with Gasteiger partial charge in [0.15, 0.2) is 5.82 Å². The summed E-state index contributed by atoms with van der Waals surface area (Å²) in [5.74, 6) is 0.231. The molecule has 2 amide bonds. The van der Waals surface area contributed by atoms with Crippen molar-refractivity contribution in [1.29, 1.82) is 0 Å². The number of nitrogens with zero attached hydrogens (tertiary/aromatic N) is 4. The number of hydrogen-bond acceptors (Lipinski definition) is 5. The SMILES string of the molecule is CC(C)(C)c1ccc(N2CCC(N3CC(C(N)=O)CC3=O)CC2)nn1. The lowest BCUT2D eigenvalue weighted by atomic mass is 9.92. The molecule has 0 radical (unpaired) electrons. The Morgan fingerprint density at radius 1 is 1.20 bits per heavy atom. The minimum atomic E-state index is -0.373. The van der Waals surface area contributed by atoms with E-state index >= 15 is 0 Å². The van der Waals surface area contributed by atoms with Crippen LogP contribution in [0.1, 0.15) is 45.7 Å². The Balaban J connectivity index is 1.59. The minimum absolute atomic E-state index is 0.00833. The smallest absolute Gasteiger partial charge is 0.223 e. The maximum Gasteiger partial charge on any atom is 0.223 e. The van der Waals surface area contributed by atoms with E-state index in [4.69, 9.17) is 5.73 Å². The van der Waals surface area contributed by atoms with Gasteiger partial charge in [-0.3, -0.25) is 9.59 Å². The van der Waals surface area contributed by atoms with Crippen LogP contribution in [0.2, 0.25) is 0 Å². The summed E-state index contributed by atoms with van der Waals surface area (Å²) in [6.07, 6.45) is 2.01. The van der Waals surface area contributed by atoms with Crippen LogP contribution < -0.4 is 10.6 Å². The molecule has 3 heterocycles. The number of hydrogen-bond donors (Lipinski definition) is 1. The van der Waals surface area contributed by atoms with Crippen molar-refractivity contribution in [3.05, 3.63) is 17.8 Å². The van der Waals surface area contributed by atoms with Gasteiger partial charge in [-0.1, -0.05) is 20.8 Å². The maximum absolute atomic E-state index is 12.2. The van der Waals surface area contributed by atoms with Crippen molar-refractivity contribution < 1.29 is 9.59 Å². The summed E-state index contributed by atoms with van der Waals surface area (Å²) in [6, 6.07) is 4.25. The van der Waals surface area contributed by atoms with Crippen molar-refractivity contribution in [2.24, 2.45) is 11.7 Å². The van der Waals surface area contributed by atoms with Gasteiger partial charge in [-0.15, -0.1) is 5.10 Å². The van der Waals surface area contributed by atoms with Gasteiger partial charge in [-0.25, -0.2) is 0 Å². The number of aromatic nitrogens is 2. The highest BCUT2D eigenvalue weighted by Crippen LogP contribution is 2.27. The fourth-order valence-corrected chi connectivity index (χ4v) is 3.58. The van der Waals surface area contributed by atoms with Gasteiger partial charge in [0, 0.05) is 37.5 Å². The first-order valence-electron chi connectivity index (χ1n) is 8.93. The van der Waals surface area contributed by atoms with Gasteiger partial charge in [0.1, 0.15) is 0 Å². The Bertz CT molecular complexity index is 644. The van der Waals surface area contributed by atoms with Crippen molar-refractivity contribution in [3.8, 4) is 0 Å². The van der Waals surface area contributed by atoms with Crippen molar-refractivity contribution in [2.45, 2.75) is 51.5 Å². The predicted molar refractivity (Wildman–Crippen MR) is 95.0 cm³/mol. The molecule has 2 saturated heterocycles. The van der Waals surface area contributed by atoms with E-state index in [0.29, 0.717) is 6.54 Å². The summed E-state index contributed by atoms with van der Waals surface area (Å²) in [6.45, 7) is 8.50.